The van der Waals surface area contributed by atoms with E-state index in [9.17, 15) is 4.39 Å². The van der Waals surface area contributed by atoms with Crippen LogP contribution in [0.15, 0.2) is 18.6 Å². The molecule has 5 heteroatoms. The fourth-order valence-electron chi connectivity index (χ4n) is 2.66. The monoisotopic (exact) mass is 290 g/mol. The van der Waals surface area contributed by atoms with Gasteiger partial charge in [0.15, 0.2) is 0 Å². The maximum Gasteiger partial charge on any atom is 0.142 e. The lowest BCUT2D eigenvalue weighted by Gasteiger charge is -2.19. The fraction of sp³-hybridized carbons (Fsp3) is 0.500. The Morgan fingerprint density at radius 1 is 1.29 bits per heavy atom. The molecule has 0 fully saturated rings. The second-order valence-corrected chi connectivity index (χ2v) is 5.69. The summed E-state index contributed by atoms with van der Waals surface area (Å²) >= 11 is 0. The first-order chi connectivity index (χ1) is 9.95. The van der Waals surface area contributed by atoms with Crippen LogP contribution in [-0.2, 0) is 6.42 Å². The highest BCUT2D eigenvalue weighted by molar-refractivity contribution is 5.42. The van der Waals surface area contributed by atoms with Crippen molar-refractivity contribution in [2.24, 2.45) is 0 Å². The minimum Gasteiger partial charge on any atom is -0.383 e. The Balaban J connectivity index is 2.47. The molecule has 2 N–H and O–H groups in total. The second-order valence-electron chi connectivity index (χ2n) is 5.69. The summed E-state index contributed by atoms with van der Waals surface area (Å²) in [6.45, 7) is 8.41. The molecule has 0 saturated carbocycles. The van der Waals surface area contributed by atoms with Gasteiger partial charge in [-0.2, -0.15) is 0 Å². The number of hydrogen-bond acceptors (Lipinski definition) is 3. The lowest BCUT2D eigenvalue weighted by atomic mass is 10.0. The molecule has 1 atom stereocenters. The van der Waals surface area contributed by atoms with Crippen LogP contribution in [0.5, 0.6) is 0 Å². The van der Waals surface area contributed by atoms with Gasteiger partial charge in [-0.15, -0.1) is 0 Å². The van der Waals surface area contributed by atoms with Crippen LogP contribution >= 0.6 is 0 Å². The van der Waals surface area contributed by atoms with Gasteiger partial charge in [0.1, 0.15) is 11.6 Å². The minimum atomic E-state index is -0.368. The number of imidazole rings is 1. The van der Waals surface area contributed by atoms with Crippen LogP contribution in [0.1, 0.15) is 63.0 Å². The first kappa shape index (κ1) is 15.5. The van der Waals surface area contributed by atoms with Crippen molar-refractivity contribution in [3.05, 3.63) is 41.4 Å². The maximum absolute atomic E-state index is 13.5. The second kappa shape index (κ2) is 6.24. The fourth-order valence-corrected chi connectivity index (χ4v) is 2.66. The molecule has 0 amide bonds. The highest BCUT2D eigenvalue weighted by Gasteiger charge is 2.20. The molecular weight excluding hydrogens is 267 g/mol. The van der Waals surface area contributed by atoms with Crippen molar-refractivity contribution in [2.45, 2.75) is 52.5 Å². The van der Waals surface area contributed by atoms with Gasteiger partial charge >= 0.3 is 0 Å². The molecule has 0 aliphatic heterocycles. The van der Waals surface area contributed by atoms with E-state index in [4.69, 9.17) is 5.73 Å². The summed E-state index contributed by atoms with van der Waals surface area (Å²) in [6.07, 6.45) is 4.96. The van der Waals surface area contributed by atoms with Crippen LogP contribution in [0, 0.1) is 5.82 Å². The number of halogens is 1. The average molecular weight is 290 g/mol. The Morgan fingerprint density at radius 3 is 2.62 bits per heavy atom. The number of anilines is 1. The molecule has 2 aromatic rings. The van der Waals surface area contributed by atoms with Crippen molar-refractivity contribution < 1.29 is 4.39 Å². The van der Waals surface area contributed by atoms with Gasteiger partial charge in [-0.1, -0.05) is 27.2 Å². The van der Waals surface area contributed by atoms with Crippen molar-refractivity contribution >= 4 is 5.82 Å². The minimum absolute atomic E-state index is 0.0882. The van der Waals surface area contributed by atoms with E-state index in [2.05, 4.69) is 35.3 Å². The highest BCUT2D eigenvalue weighted by atomic mass is 19.1. The van der Waals surface area contributed by atoms with E-state index in [1.807, 2.05) is 13.3 Å². The van der Waals surface area contributed by atoms with Crippen LogP contribution in [0.4, 0.5) is 10.2 Å². The van der Waals surface area contributed by atoms with E-state index < -0.39 is 0 Å². The molecule has 0 radical (unpaired) electrons. The molecule has 0 aliphatic rings. The molecular formula is C16H23FN4. The summed E-state index contributed by atoms with van der Waals surface area (Å²) < 4.78 is 15.6. The summed E-state index contributed by atoms with van der Waals surface area (Å²) in [5.74, 6) is 0.362. The van der Waals surface area contributed by atoms with Gasteiger partial charge < -0.3 is 10.3 Å². The summed E-state index contributed by atoms with van der Waals surface area (Å²) in [7, 11) is 0. The van der Waals surface area contributed by atoms with E-state index in [1.165, 1.54) is 11.8 Å². The van der Waals surface area contributed by atoms with Gasteiger partial charge in [0.2, 0.25) is 0 Å². The summed E-state index contributed by atoms with van der Waals surface area (Å²) in [5, 5.41) is 0. The molecule has 21 heavy (non-hydrogen) atoms. The number of nitrogens with two attached hydrogens (primary N) is 1. The number of pyridine rings is 1. The van der Waals surface area contributed by atoms with Crippen molar-refractivity contribution in [3.8, 4) is 0 Å². The Labute approximate surface area is 125 Å². The average Bonchev–Trinajstić information content (AvgIpc) is 2.85. The first-order valence-electron chi connectivity index (χ1n) is 7.42. The maximum atomic E-state index is 13.5. The van der Waals surface area contributed by atoms with Crippen molar-refractivity contribution in [1.29, 1.82) is 0 Å². The standard InChI is InChI=1S/C16H23FN4/c1-5-6-14-15(10(2)3)20-9-21(14)11(4)13-7-12(17)8-19-16(13)18/h7-11H,5-6H2,1-4H3,(H2,18,19). The van der Waals surface area contributed by atoms with Crippen LogP contribution in [-0.4, -0.2) is 14.5 Å². The van der Waals surface area contributed by atoms with E-state index in [-0.39, 0.29) is 11.9 Å². The van der Waals surface area contributed by atoms with Crippen molar-refractivity contribution in [3.63, 3.8) is 0 Å². The Bertz CT molecular complexity index is 619. The summed E-state index contributed by atoms with van der Waals surface area (Å²) in [6, 6.07) is 1.37. The zero-order chi connectivity index (χ0) is 15.6. The predicted molar refractivity (Wildman–Crippen MR) is 82.7 cm³/mol. The number of nitrogens with zero attached hydrogens (tertiary/aromatic N) is 3. The first-order valence-corrected chi connectivity index (χ1v) is 7.42. The van der Waals surface area contributed by atoms with Crippen LogP contribution in [0.3, 0.4) is 0 Å². The third-order valence-electron chi connectivity index (χ3n) is 3.75. The van der Waals surface area contributed by atoms with Gasteiger partial charge in [0, 0.05) is 11.3 Å². The Hall–Kier alpha value is -1.91. The molecule has 0 aliphatic carbocycles. The molecule has 2 aromatic heterocycles. The Morgan fingerprint density at radius 2 is 2.00 bits per heavy atom. The number of aromatic nitrogens is 3. The quantitative estimate of drug-likeness (QED) is 0.913. The van der Waals surface area contributed by atoms with Crippen molar-refractivity contribution in [1.82, 2.24) is 14.5 Å². The van der Waals surface area contributed by atoms with E-state index in [0.29, 0.717) is 17.3 Å². The van der Waals surface area contributed by atoms with Gasteiger partial charge in [0.05, 0.1) is 24.3 Å². The lowest BCUT2D eigenvalue weighted by Crippen LogP contribution is -2.13. The molecule has 0 saturated heterocycles. The zero-order valence-electron chi connectivity index (χ0n) is 13.1. The van der Waals surface area contributed by atoms with Crippen LogP contribution in [0.2, 0.25) is 0 Å². The number of hydrogen-bond donors (Lipinski definition) is 1. The summed E-state index contributed by atoms with van der Waals surface area (Å²) in [5.41, 5.74) is 8.90. The Kier molecular flexibility index (Phi) is 4.60. The molecule has 2 rings (SSSR count). The van der Waals surface area contributed by atoms with Crippen LogP contribution < -0.4 is 5.73 Å². The summed E-state index contributed by atoms with van der Waals surface area (Å²) in [4.78, 5) is 8.45. The topological polar surface area (TPSA) is 56.7 Å². The zero-order valence-corrected chi connectivity index (χ0v) is 13.1. The van der Waals surface area contributed by atoms with Gasteiger partial charge in [0.25, 0.3) is 0 Å². The van der Waals surface area contributed by atoms with Gasteiger partial charge in [-0.25, -0.2) is 14.4 Å². The highest BCUT2D eigenvalue weighted by Crippen LogP contribution is 2.28. The van der Waals surface area contributed by atoms with Gasteiger partial charge in [-0.3, -0.25) is 0 Å². The molecule has 0 spiro atoms. The lowest BCUT2D eigenvalue weighted by molar-refractivity contribution is 0.581. The third kappa shape index (κ3) is 3.06. The smallest absolute Gasteiger partial charge is 0.142 e. The molecule has 114 valence electrons. The molecule has 0 bridgehead atoms. The number of nitrogen functional groups attached to an aromatic ring is 1. The molecule has 0 aromatic carbocycles. The molecule has 1 unspecified atom stereocenters. The van der Waals surface area contributed by atoms with Crippen molar-refractivity contribution in [2.75, 3.05) is 5.73 Å². The SMILES string of the molecule is CCCc1c(C(C)C)ncn1C(C)c1cc(F)cnc1N. The largest absolute Gasteiger partial charge is 0.383 e. The van der Waals surface area contributed by atoms with Crippen LogP contribution in [0.25, 0.3) is 0 Å². The van der Waals surface area contributed by atoms with E-state index >= 15 is 0 Å². The molecule has 2 heterocycles. The van der Waals surface area contributed by atoms with E-state index in [1.54, 1.807) is 0 Å². The number of rotatable bonds is 5. The molecule has 4 nitrogen and oxygen atoms in total. The predicted octanol–water partition coefficient (Wildman–Crippen LogP) is 3.68. The van der Waals surface area contributed by atoms with E-state index in [0.717, 1.165) is 24.7 Å². The third-order valence-corrected chi connectivity index (χ3v) is 3.75. The normalized spacial score (nSPS) is 12.9. The van der Waals surface area contributed by atoms with Gasteiger partial charge in [-0.05, 0) is 25.3 Å².